The highest BCUT2D eigenvalue weighted by Gasteiger charge is 1.98. The third-order valence-corrected chi connectivity index (χ3v) is 3.46. The number of hydrogen-bond acceptors (Lipinski definition) is 3. The van der Waals surface area contributed by atoms with Crippen LogP contribution in [0.2, 0.25) is 5.15 Å². The largest absolute Gasteiger partial charge is 0.356 e. The molecule has 1 aromatic heterocycles. The van der Waals surface area contributed by atoms with Gasteiger partial charge in [-0.2, -0.15) is 11.8 Å². The number of nitrogens with zero attached hydrogens (tertiary/aromatic N) is 2. The first-order chi connectivity index (χ1) is 9.26. The molecule has 0 radical (unpaired) electrons. The van der Waals surface area contributed by atoms with Crippen LogP contribution in [0.4, 0.5) is 0 Å². The van der Waals surface area contributed by atoms with Crippen LogP contribution >= 0.6 is 47.3 Å². The molecule has 0 bridgehead atoms. The standard InChI is InChI=1S/C13H21ClN4S.HI/c1-15-13(16-7-3-4-8-19-2)18-10-11-5-6-12(14)17-9-11;/h5-6,9H,3-4,7-8,10H2,1-2H3,(H2,15,16,18);1H. The molecule has 0 saturated carbocycles. The van der Waals surface area contributed by atoms with Crippen LogP contribution in [0.3, 0.4) is 0 Å². The summed E-state index contributed by atoms with van der Waals surface area (Å²) < 4.78 is 0. The smallest absolute Gasteiger partial charge is 0.191 e. The van der Waals surface area contributed by atoms with Gasteiger partial charge in [0.2, 0.25) is 0 Å². The number of unbranched alkanes of at least 4 members (excludes halogenated alkanes) is 1. The zero-order valence-electron chi connectivity index (χ0n) is 11.9. The molecular weight excluding hydrogens is 407 g/mol. The van der Waals surface area contributed by atoms with E-state index in [0.717, 1.165) is 24.5 Å². The molecular formula is C13H22ClIN4S. The van der Waals surface area contributed by atoms with E-state index >= 15 is 0 Å². The van der Waals surface area contributed by atoms with Gasteiger partial charge in [0.15, 0.2) is 5.96 Å². The van der Waals surface area contributed by atoms with Crippen LogP contribution in [0.25, 0.3) is 0 Å². The molecule has 0 unspecified atom stereocenters. The van der Waals surface area contributed by atoms with Crippen molar-refractivity contribution in [2.24, 2.45) is 4.99 Å². The number of thioether (sulfide) groups is 1. The van der Waals surface area contributed by atoms with Crippen LogP contribution in [0.5, 0.6) is 0 Å². The van der Waals surface area contributed by atoms with Gasteiger partial charge in [0.1, 0.15) is 5.15 Å². The Labute approximate surface area is 147 Å². The van der Waals surface area contributed by atoms with Crippen molar-refractivity contribution in [1.29, 1.82) is 0 Å². The van der Waals surface area contributed by atoms with E-state index in [1.54, 1.807) is 19.3 Å². The van der Waals surface area contributed by atoms with Crippen molar-refractivity contribution in [1.82, 2.24) is 15.6 Å². The molecule has 0 aliphatic rings. The molecule has 1 aromatic rings. The molecule has 0 amide bonds. The van der Waals surface area contributed by atoms with Gasteiger partial charge in [-0.05, 0) is 36.5 Å². The lowest BCUT2D eigenvalue weighted by atomic mass is 10.3. The van der Waals surface area contributed by atoms with Crippen LogP contribution in [-0.2, 0) is 6.54 Å². The van der Waals surface area contributed by atoms with Gasteiger partial charge in [0.05, 0.1) is 0 Å². The maximum atomic E-state index is 5.74. The Morgan fingerprint density at radius 2 is 2.15 bits per heavy atom. The van der Waals surface area contributed by atoms with E-state index in [-0.39, 0.29) is 24.0 Å². The summed E-state index contributed by atoms with van der Waals surface area (Å²) in [5.41, 5.74) is 1.08. The summed E-state index contributed by atoms with van der Waals surface area (Å²) in [6, 6.07) is 3.74. The maximum absolute atomic E-state index is 5.74. The second-order valence-electron chi connectivity index (χ2n) is 4.04. The van der Waals surface area contributed by atoms with Gasteiger partial charge in [-0.25, -0.2) is 4.98 Å². The molecule has 20 heavy (non-hydrogen) atoms. The molecule has 114 valence electrons. The SMILES string of the molecule is CN=C(NCCCCSC)NCc1ccc(Cl)nc1.I. The number of guanidine groups is 1. The first-order valence-corrected chi connectivity index (χ1v) is 8.07. The van der Waals surface area contributed by atoms with Crippen LogP contribution in [-0.4, -0.2) is 36.5 Å². The van der Waals surface area contributed by atoms with Crippen LogP contribution in [0, 0.1) is 0 Å². The number of aliphatic imine (C=N–C) groups is 1. The van der Waals surface area contributed by atoms with Gasteiger partial charge in [0.25, 0.3) is 0 Å². The van der Waals surface area contributed by atoms with E-state index in [9.17, 15) is 0 Å². The van der Waals surface area contributed by atoms with Gasteiger partial charge in [-0.1, -0.05) is 17.7 Å². The fraction of sp³-hybridized carbons (Fsp3) is 0.538. The third-order valence-electron chi connectivity index (χ3n) is 2.54. The van der Waals surface area contributed by atoms with Gasteiger partial charge in [-0.15, -0.1) is 24.0 Å². The van der Waals surface area contributed by atoms with E-state index in [1.165, 1.54) is 12.2 Å². The van der Waals surface area contributed by atoms with E-state index in [2.05, 4.69) is 26.9 Å². The second-order valence-corrected chi connectivity index (χ2v) is 5.41. The summed E-state index contributed by atoms with van der Waals surface area (Å²) in [4.78, 5) is 8.22. The Bertz CT molecular complexity index is 386. The summed E-state index contributed by atoms with van der Waals surface area (Å²) in [5.74, 6) is 2.03. The fourth-order valence-electron chi connectivity index (χ4n) is 1.50. The molecule has 0 aromatic carbocycles. The molecule has 0 aliphatic heterocycles. The summed E-state index contributed by atoms with van der Waals surface area (Å²) in [7, 11) is 1.78. The van der Waals surface area contributed by atoms with Crippen LogP contribution < -0.4 is 10.6 Å². The van der Waals surface area contributed by atoms with Crippen LogP contribution in [0.15, 0.2) is 23.3 Å². The Morgan fingerprint density at radius 1 is 1.35 bits per heavy atom. The van der Waals surface area contributed by atoms with Crippen molar-refractivity contribution in [3.05, 3.63) is 29.0 Å². The number of nitrogens with one attached hydrogen (secondary N) is 2. The Hall–Kier alpha value is -0.210. The van der Waals surface area contributed by atoms with Crippen molar-refractivity contribution in [3.8, 4) is 0 Å². The van der Waals surface area contributed by atoms with Crippen molar-refractivity contribution in [2.75, 3.05) is 25.6 Å². The molecule has 1 heterocycles. The summed E-state index contributed by atoms with van der Waals surface area (Å²) in [6.45, 7) is 1.63. The van der Waals surface area contributed by atoms with Gasteiger partial charge < -0.3 is 10.6 Å². The van der Waals surface area contributed by atoms with E-state index in [1.807, 2.05) is 17.8 Å². The molecule has 0 spiro atoms. The summed E-state index contributed by atoms with van der Waals surface area (Å²) in [5, 5.41) is 7.05. The molecule has 0 fully saturated rings. The van der Waals surface area contributed by atoms with Crippen molar-refractivity contribution in [3.63, 3.8) is 0 Å². The monoisotopic (exact) mass is 428 g/mol. The summed E-state index contributed by atoms with van der Waals surface area (Å²) in [6.07, 6.45) is 6.28. The first kappa shape index (κ1) is 19.8. The van der Waals surface area contributed by atoms with E-state index in [0.29, 0.717) is 11.7 Å². The fourth-order valence-corrected chi connectivity index (χ4v) is 2.10. The Morgan fingerprint density at radius 3 is 2.75 bits per heavy atom. The van der Waals surface area contributed by atoms with E-state index in [4.69, 9.17) is 11.6 Å². The lowest BCUT2D eigenvalue weighted by Gasteiger charge is -2.11. The highest BCUT2D eigenvalue weighted by atomic mass is 127. The first-order valence-electron chi connectivity index (χ1n) is 6.30. The highest BCUT2D eigenvalue weighted by Crippen LogP contribution is 2.04. The molecule has 4 nitrogen and oxygen atoms in total. The predicted octanol–water partition coefficient (Wildman–Crippen LogP) is 3.16. The van der Waals surface area contributed by atoms with Crippen molar-refractivity contribution >= 4 is 53.3 Å². The van der Waals surface area contributed by atoms with E-state index < -0.39 is 0 Å². The zero-order valence-corrected chi connectivity index (χ0v) is 15.8. The van der Waals surface area contributed by atoms with Gasteiger partial charge >= 0.3 is 0 Å². The number of hydrogen-bond donors (Lipinski definition) is 2. The third kappa shape index (κ3) is 8.86. The minimum Gasteiger partial charge on any atom is -0.356 e. The number of aromatic nitrogens is 1. The number of halogens is 2. The van der Waals surface area contributed by atoms with Crippen LogP contribution in [0.1, 0.15) is 18.4 Å². The Kier molecular flexibility index (Phi) is 12.4. The quantitative estimate of drug-likeness (QED) is 0.230. The summed E-state index contributed by atoms with van der Waals surface area (Å²) >= 11 is 7.63. The highest BCUT2D eigenvalue weighted by molar-refractivity contribution is 14.0. The Balaban J connectivity index is 0.00000361. The average Bonchev–Trinajstić information content (AvgIpc) is 2.44. The maximum Gasteiger partial charge on any atom is 0.191 e. The zero-order chi connectivity index (χ0) is 13.9. The topological polar surface area (TPSA) is 49.3 Å². The van der Waals surface area contributed by atoms with Crippen molar-refractivity contribution < 1.29 is 0 Å². The number of pyridine rings is 1. The number of rotatable bonds is 7. The molecule has 2 N–H and O–H groups in total. The predicted molar refractivity (Wildman–Crippen MR) is 100 cm³/mol. The lowest BCUT2D eigenvalue weighted by Crippen LogP contribution is -2.37. The molecule has 0 saturated heterocycles. The molecule has 0 aliphatic carbocycles. The average molecular weight is 429 g/mol. The lowest BCUT2D eigenvalue weighted by molar-refractivity contribution is 0.732. The molecule has 1 rings (SSSR count). The minimum absolute atomic E-state index is 0. The second kappa shape index (κ2) is 12.5. The van der Waals surface area contributed by atoms with Crippen molar-refractivity contribution in [2.45, 2.75) is 19.4 Å². The molecule has 7 heteroatoms. The van der Waals surface area contributed by atoms with Gasteiger partial charge in [0, 0.05) is 26.3 Å². The van der Waals surface area contributed by atoms with Gasteiger partial charge in [-0.3, -0.25) is 4.99 Å². The normalized spacial score (nSPS) is 10.8. The minimum atomic E-state index is 0. The molecule has 0 atom stereocenters.